The average Bonchev–Trinajstić information content (AvgIpc) is 3.46. The Kier molecular flexibility index (Phi) is 7.39. The van der Waals surface area contributed by atoms with Crippen LogP contribution in [0.2, 0.25) is 0 Å². The number of carboxylic acid groups (broad SMARTS) is 1. The van der Waals surface area contributed by atoms with Crippen LogP contribution >= 0.6 is 0 Å². The van der Waals surface area contributed by atoms with Gasteiger partial charge in [-0.25, -0.2) is 0 Å². The molecule has 2 aliphatic carbocycles. The Morgan fingerprint density at radius 3 is 2.46 bits per heavy atom. The fraction of sp³-hybridized carbons (Fsp3) is 0.621. The van der Waals surface area contributed by atoms with Gasteiger partial charge >= 0.3 is 5.97 Å². The van der Waals surface area contributed by atoms with Crippen molar-refractivity contribution >= 4 is 17.6 Å². The molecule has 6 heteroatoms. The van der Waals surface area contributed by atoms with E-state index in [9.17, 15) is 14.7 Å². The van der Waals surface area contributed by atoms with Crippen LogP contribution in [0.5, 0.6) is 0 Å². The van der Waals surface area contributed by atoms with E-state index in [1.165, 1.54) is 12.8 Å². The number of anilines is 1. The van der Waals surface area contributed by atoms with Crippen molar-refractivity contribution in [2.45, 2.75) is 104 Å². The highest BCUT2D eigenvalue weighted by Gasteiger charge is 2.42. The third-order valence-electron chi connectivity index (χ3n) is 7.57. The lowest BCUT2D eigenvalue weighted by Gasteiger charge is -2.36. The van der Waals surface area contributed by atoms with Crippen LogP contribution in [-0.2, 0) is 9.59 Å². The smallest absolute Gasteiger partial charge is 0.304 e. The number of nitrogens with one attached hydrogen (secondary N) is 1. The van der Waals surface area contributed by atoms with Crippen LogP contribution < -0.4 is 5.32 Å². The lowest BCUT2D eigenvalue weighted by Crippen LogP contribution is -2.24. The molecule has 2 N–H and O–H groups in total. The number of carboxylic acids is 1. The van der Waals surface area contributed by atoms with Gasteiger partial charge in [0.15, 0.2) is 0 Å². The average molecular weight is 481 g/mol. The number of aliphatic carboxylic acids is 1. The lowest BCUT2D eigenvalue weighted by molar-refractivity contribution is -0.137. The van der Waals surface area contributed by atoms with Crippen LogP contribution in [0.3, 0.4) is 0 Å². The second kappa shape index (κ2) is 10.2. The van der Waals surface area contributed by atoms with E-state index in [1.807, 2.05) is 32.0 Å². The Hall–Kier alpha value is -2.63. The van der Waals surface area contributed by atoms with Crippen molar-refractivity contribution in [1.82, 2.24) is 5.16 Å². The zero-order valence-corrected chi connectivity index (χ0v) is 21.8. The van der Waals surface area contributed by atoms with E-state index in [2.05, 4.69) is 31.2 Å². The first-order chi connectivity index (χ1) is 16.5. The van der Waals surface area contributed by atoms with Gasteiger partial charge in [0.25, 0.3) is 0 Å². The number of hydrogen-bond acceptors (Lipinski definition) is 4. The van der Waals surface area contributed by atoms with Gasteiger partial charge in [0, 0.05) is 29.5 Å². The van der Waals surface area contributed by atoms with E-state index in [0.717, 1.165) is 59.7 Å². The standard InChI is InChI=1S/C29H40N2O4/c1-17-6-9-23(18(2)12-17)30-24(32)15-21(16-25(33)34)27-26(20-7-8-20)28(35-31-27)22-13-19(14-22)10-11-29(3,4)5/h6,9,12,19-22H,7-8,10-11,13-16H2,1-5H3,(H,30,32)(H,33,34)/t19?,21-,22?/m1/s1. The fourth-order valence-corrected chi connectivity index (χ4v) is 5.37. The van der Waals surface area contributed by atoms with Gasteiger partial charge in [-0.2, -0.15) is 0 Å². The minimum atomic E-state index is -0.925. The number of aromatic nitrogens is 1. The second-order valence-electron chi connectivity index (χ2n) is 12.1. The van der Waals surface area contributed by atoms with Crippen molar-refractivity contribution < 1.29 is 19.2 Å². The molecule has 0 radical (unpaired) electrons. The molecule has 0 spiro atoms. The van der Waals surface area contributed by atoms with E-state index >= 15 is 0 Å². The summed E-state index contributed by atoms with van der Waals surface area (Å²) in [5, 5.41) is 17.0. The number of carbonyl (C=O) groups is 2. The maximum Gasteiger partial charge on any atom is 0.304 e. The summed E-state index contributed by atoms with van der Waals surface area (Å²) in [4.78, 5) is 24.7. The molecule has 35 heavy (non-hydrogen) atoms. The van der Waals surface area contributed by atoms with Gasteiger partial charge in [0.2, 0.25) is 5.91 Å². The predicted molar refractivity (Wildman–Crippen MR) is 137 cm³/mol. The highest BCUT2D eigenvalue weighted by molar-refractivity contribution is 5.92. The molecule has 6 nitrogen and oxygen atoms in total. The second-order valence-corrected chi connectivity index (χ2v) is 12.1. The van der Waals surface area contributed by atoms with Gasteiger partial charge < -0.3 is 14.9 Å². The highest BCUT2D eigenvalue weighted by atomic mass is 16.5. The highest BCUT2D eigenvalue weighted by Crippen LogP contribution is 2.53. The van der Waals surface area contributed by atoms with Gasteiger partial charge in [0.1, 0.15) is 5.76 Å². The largest absolute Gasteiger partial charge is 0.481 e. The number of benzene rings is 1. The summed E-state index contributed by atoms with van der Waals surface area (Å²) in [6.07, 6.45) is 6.78. The number of carbonyl (C=O) groups excluding carboxylic acids is 1. The normalized spacial score (nSPS) is 20.8. The zero-order valence-electron chi connectivity index (χ0n) is 21.8. The van der Waals surface area contributed by atoms with Crippen LogP contribution in [0.25, 0.3) is 0 Å². The molecule has 2 aromatic rings. The van der Waals surface area contributed by atoms with E-state index < -0.39 is 11.9 Å². The molecule has 1 atom stereocenters. The summed E-state index contributed by atoms with van der Waals surface area (Å²) in [5.74, 6) is 0.817. The summed E-state index contributed by atoms with van der Waals surface area (Å²) in [5.41, 5.74) is 5.03. The summed E-state index contributed by atoms with van der Waals surface area (Å²) < 4.78 is 5.91. The quantitative estimate of drug-likeness (QED) is 0.379. The maximum absolute atomic E-state index is 13.0. The summed E-state index contributed by atoms with van der Waals surface area (Å²) in [7, 11) is 0. The Bertz CT molecular complexity index is 1070. The van der Waals surface area contributed by atoms with E-state index in [4.69, 9.17) is 4.52 Å². The number of aryl methyl sites for hydroxylation is 2. The van der Waals surface area contributed by atoms with Crippen molar-refractivity contribution in [3.8, 4) is 0 Å². The fourth-order valence-electron chi connectivity index (χ4n) is 5.37. The van der Waals surface area contributed by atoms with E-state index in [-0.39, 0.29) is 18.7 Å². The van der Waals surface area contributed by atoms with Gasteiger partial charge in [-0.1, -0.05) is 43.6 Å². The van der Waals surface area contributed by atoms with Crippen LogP contribution in [0, 0.1) is 25.2 Å². The molecular formula is C29H40N2O4. The van der Waals surface area contributed by atoms with E-state index in [1.54, 1.807) is 0 Å². The first kappa shape index (κ1) is 25.5. The molecule has 0 bridgehead atoms. The van der Waals surface area contributed by atoms with Crippen molar-refractivity contribution in [3.05, 3.63) is 46.3 Å². The van der Waals surface area contributed by atoms with Gasteiger partial charge in [-0.05, 0) is 81.3 Å². The molecule has 2 fully saturated rings. The third-order valence-corrected chi connectivity index (χ3v) is 7.57. The van der Waals surface area contributed by atoms with Crippen LogP contribution in [-0.4, -0.2) is 22.1 Å². The molecule has 0 unspecified atom stereocenters. The van der Waals surface area contributed by atoms with Crippen molar-refractivity contribution in [3.63, 3.8) is 0 Å². The molecular weight excluding hydrogens is 440 g/mol. The topological polar surface area (TPSA) is 92.4 Å². The lowest BCUT2D eigenvalue weighted by atomic mass is 9.69. The SMILES string of the molecule is Cc1ccc(NC(=O)C[C@H](CC(=O)O)c2noc(C3CC(CCC(C)(C)C)C3)c2C2CC2)c(C)c1. The Labute approximate surface area is 208 Å². The number of nitrogens with zero attached hydrogens (tertiary/aromatic N) is 1. The van der Waals surface area contributed by atoms with Crippen LogP contribution in [0.15, 0.2) is 22.7 Å². The Balaban J connectivity index is 1.48. The number of hydrogen-bond donors (Lipinski definition) is 2. The third kappa shape index (κ3) is 6.53. The molecule has 1 heterocycles. The Morgan fingerprint density at radius 2 is 1.86 bits per heavy atom. The molecule has 2 saturated carbocycles. The van der Waals surface area contributed by atoms with E-state index in [0.29, 0.717) is 22.9 Å². The zero-order chi connectivity index (χ0) is 25.3. The predicted octanol–water partition coefficient (Wildman–Crippen LogP) is 7.08. The Morgan fingerprint density at radius 1 is 1.14 bits per heavy atom. The maximum atomic E-state index is 13.0. The summed E-state index contributed by atoms with van der Waals surface area (Å²) >= 11 is 0. The molecule has 190 valence electrons. The first-order valence-corrected chi connectivity index (χ1v) is 13.1. The van der Waals surface area contributed by atoms with Gasteiger partial charge in [-0.15, -0.1) is 0 Å². The molecule has 2 aliphatic rings. The minimum Gasteiger partial charge on any atom is -0.481 e. The molecule has 0 aliphatic heterocycles. The monoisotopic (exact) mass is 480 g/mol. The summed E-state index contributed by atoms with van der Waals surface area (Å²) in [6, 6.07) is 5.87. The first-order valence-electron chi connectivity index (χ1n) is 13.1. The van der Waals surface area contributed by atoms with Crippen molar-refractivity contribution in [2.75, 3.05) is 5.32 Å². The summed E-state index contributed by atoms with van der Waals surface area (Å²) in [6.45, 7) is 10.8. The minimum absolute atomic E-state index is 0.0736. The van der Waals surface area contributed by atoms with Crippen molar-refractivity contribution in [2.24, 2.45) is 11.3 Å². The number of amides is 1. The van der Waals surface area contributed by atoms with Crippen molar-refractivity contribution in [1.29, 1.82) is 0 Å². The molecule has 1 aromatic carbocycles. The molecule has 0 saturated heterocycles. The van der Waals surface area contributed by atoms with Gasteiger partial charge in [-0.3, -0.25) is 9.59 Å². The molecule has 4 rings (SSSR count). The van der Waals surface area contributed by atoms with Crippen LogP contribution in [0.4, 0.5) is 5.69 Å². The van der Waals surface area contributed by atoms with Gasteiger partial charge in [0.05, 0.1) is 12.1 Å². The van der Waals surface area contributed by atoms with Crippen LogP contribution in [0.1, 0.15) is 118 Å². The molecule has 1 amide bonds. The number of rotatable bonds is 10. The molecule has 1 aromatic heterocycles.